The molecule has 1 aromatic rings. The monoisotopic (exact) mass is 254 g/mol. The van der Waals surface area contributed by atoms with Gasteiger partial charge in [0.1, 0.15) is 11.3 Å². The molecular weight excluding hydrogens is 236 g/mol. The van der Waals surface area contributed by atoms with Gasteiger partial charge in [0.05, 0.1) is 0 Å². The predicted molar refractivity (Wildman–Crippen MR) is 64.4 cm³/mol. The van der Waals surface area contributed by atoms with Gasteiger partial charge in [-0.1, -0.05) is 19.0 Å². The Morgan fingerprint density at radius 2 is 2.00 bits per heavy atom. The van der Waals surface area contributed by atoms with E-state index in [4.69, 9.17) is 9.63 Å². The van der Waals surface area contributed by atoms with Crippen LogP contribution in [0.4, 0.5) is 0 Å². The first-order chi connectivity index (χ1) is 8.17. The van der Waals surface area contributed by atoms with Crippen LogP contribution in [0.15, 0.2) is 10.6 Å². The topological polar surface area (TPSA) is 83.6 Å². The van der Waals surface area contributed by atoms with E-state index in [1.165, 1.54) is 20.9 Å². The number of hydrogen-bond donors (Lipinski definition) is 1. The number of carboxylic acids is 1. The van der Waals surface area contributed by atoms with Crippen LogP contribution in [0, 0.1) is 0 Å². The van der Waals surface area contributed by atoms with Crippen LogP contribution in [0.1, 0.15) is 49.9 Å². The molecule has 0 spiro atoms. The molecule has 0 saturated carbocycles. The lowest BCUT2D eigenvalue weighted by Gasteiger charge is -2.30. The number of likely N-dealkylation sites (N-methyl/N-ethyl adjacent to an activating group) is 1. The molecule has 0 fully saturated rings. The highest BCUT2D eigenvalue weighted by molar-refractivity contribution is 5.95. The fraction of sp³-hybridized carbons (Fsp3) is 0.583. The maximum atomic E-state index is 12.1. The molecule has 0 aliphatic rings. The number of carboxylic acid groups (broad SMARTS) is 1. The predicted octanol–water partition coefficient (Wildman–Crippen LogP) is 1.73. The molecule has 100 valence electrons. The first kappa shape index (κ1) is 14.2. The second-order valence-electron chi connectivity index (χ2n) is 5.00. The van der Waals surface area contributed by atoms with Crippen LogP contribution in [-0.4, -0.2) is 39.6 Å². The van der Waals surface area contributed by atoms with Crippen molar-refractivity contribution in [1.82, 2.24) is 10.1 Å². The number of rotatable bonds is 4. The maximum Gasteiger partial charge on any atom is 0.329 e. The van der Waals surface area contributed by atoms with Gasteiger partial charge in [-0.15, -0.1) is 0 Å². The molecule has 1 amide bonds. The van der Waals surface area contributed by atoms with Crippen LogP contribution >= 0.6 is 0 Å². The zero-order chi connectivity index (χ0) is 14.1. The highest BCUT2D eigenvalue weighted by Gasteiger charge is 2.36. The summed E-state index contributed by atoms with van der Waals surface area (Å²) in [6, 6.07) is 1.54. The Morgan fingerprint density at radius 1 is 1.44 bits per heavy atom. The summed E-state index contributed by atoms with van der Waals surface area (Å²) in [5.41, 5.74) is -1.18. The van der Waals surface area contributed by atoms with E-state index >= 15 is 0 Å². The Kier molecular flexibility index (Phi) is 3.79. The summed E-state index contributed by atoms with van der Waals surface area (Å²) in [6.07, 6.45) is 0. The summed E-state index contributed by atoms with van der Waals surface area (Å²) in [5, 5.41) is 12.7. The highest BCUT2D eigenvalue weighted by atomic mass is 16.5. The normalized spacial score (nSPS) is 11.7. The van der Waals surface area contributed by atoms with E-state index < -0.39 is 17.4 Å². The minimum atomic E-state index is -1.30. The molecule has 1 aromatic heterocycles. The third-order valence-electron chi connectivity index (χ3n) is 2.98. The zero-order valence-electron chi connectivity index (χ0n) is 11.2. The standard InChI is InChI=1S/C12H18N2O4/c1-7(2)9-6-8(13-18-9)10(15)14(5)12(3,4)11(16)17/h6-7H,1-5H3,(H,16,17). The van der Waals surface area contributed by atoms with Gasteiger partial charge in [0.25, 0.3) is 5.91 Å². The van der Waals surface area contributed by atoms with Crippen LogP contribution in [-0.2, 0) is 4.79 Å². The SMILES string of the molecule is CC(C)c1cc(C(=O)N(C)C(C)(C)C(=O)O)no1. The Labute approximate surface area is 106 Å². The molecule has 0 atom stereocenters. The van der Waals surface area contributed by atoms with Crippen molar-refractivity contribution in [3.05, 3.63) is 17.5 Å². The number of carbonyl (C=O) groups excluding carboxylic acids is 1. The van der Waals surface area contributed by atoms with Crippen molar-refractivity contribution < 1.29 is 19.2 Å². The van der Waals surface area contributed by atoms with E-state index in [1.54, 1.807) is 6.07 Å². The van der Waals surface area contributed by atoms with Gasteiger partial charge < -0.3 is 14.5 Å². The summed E-state index contributed by atoms with van der Waals surface area (Å²) in [7, 11) is 1.43. The molecule has 1 N–H and O–H groups in total. The Hall–Kier alpha value is -1.85. The Morgan fingerprint density at radius 3 is 2.39 bits per heavy atom. The third-order valence-corrected chi connectivity index (χ3v) is 2.98. The number of carbonyl (C=O) groups is 2. The number of hydrogen-bond acceptors (Lipinski definition) is 4. The zero-order valence-corrected chi connectivity index (χ0v) is 11.2. The van der Waals surface area contributed by atoms with Crippen molar-refractivity contribution in [3.63, 3.8) is 0 Å². The van der Waals surface area contributed by atoms with Crippen LogP contribution in [0.3, 0.4) is 0 Å². The van der Waals surface area contributed by atoms with Crippen LogP contribution < -0.4 is 0 Å². The summed E-state index contributed by atoms with van der Waals surface area (Å²) in [5.74, 6) is -0.833. The second-order valence-corrected chi connectivity index (χ2v) is 5.00. The minimum Gasteiger partial charge on any atom is -0.480 e. The molecule has 18 heavy (non-hydrogen) atoms. The molecule has 1 heterocycles. The van der Waals surface area contributed by atoms with E-state index in [-0.39, 0.29) is 11.6 Å². The molecule has 0 bridgehead atoms. The van der Waals surface area contributed by atoms with E-state index in [0.29, 0.717) is 5.76 Å². The largest absolute Gasteiger partial charge is 0.480 e. The van der Waals surface area contributed by atoms with Crippen molar-refractivity contribution in [2.24, 2.45) is 0 Å². The molecule has 0 aromatic carbocycles. The van der Waals surface area contributed by atoms with Gasteiger partial charge in [0.2, 0.25) is 0 Å². The smallest absolute Gasteiger partial charge is 0.329 e. The fourth-order valence-corrected chi connectivity index (χ4v) is 1.23. The summed E-state index contributed by atoms with van der Waals surface area (Å²) >= 11 is 0. The number of aliphatic carboxylic acids is 1. The molecule has 0 aliphatic carbocycles. The highest BCUT2D eigenvalue weighted by Crippen LogP contribution is 2.19. The molecule has 6 nitrogen and oxygen atoms in total. The van der Waals surface area contributed by atoms with Gasteiger partial charge in [-0.3, -0.25) is 4.79 Å². The quantitative estimate of drug-likeness (QED) is 0.884. The second kappa shape index (κ2) is 4.80. The molecule has 6 heteroatoms. The summed E-state index contributed by atoms with van der Waals surface area (Å²) < 4.78 is 5.03. The molecule has 1 rings (SSSR count). The minimum absolute atomic E-state index is 0.121. The van der Waals surface area contributed by atoms with Gasteiger partial charge in [-0.2, -0.15) is 0 Å². The Balaban J connectivity index is 2.96. The van der Waals surface area contributed by atoms with Crippen molar-refractivity contribution >= 4 is 11.9 Å². The molecule has 0 saturated heterocycles. The molecular formula is C12H18N2O4. The Bertz CT molecular complexity index is 462. The van der Waals surface area contributed by atoms with Gasteiger partial charge in [-0.25, -0.2) is 4.79 Å². The first-order valence-electron chi connectivity index (χ1n) is 5.66. The van der Waals surface area contributed by atoms with Crippen LogP contribution in [0.25, 0.3) is 0 Å². The summed E-state index contributed by atoms with van der Waals surface area (Å²) in [6.45, 7) is 6.74. The van der Waals surface area contributed by atoms with Crippen LogP contribution in [0.2, 0.25) is 0 Å². The molecule has 0 aliphatic heterocycles. The van der Waals surface area contributed by atoms with Crippen molar-refractivity contribution in [2.75, 3.05) is 7.05 Å². The molecule has 0 unspecified atom stereocenters. The van der Waals surface area contributed by atoms with Gasteiger partial charge >= 0.3 is 5.97 Å². The number of nitrogens with zero attached hydrogens (tertiary/aromatic N) is 2. The lowest BCUT2D eigenvalue weighted by Crippen LogP contribution is -2.50. The number of aromatic nitrogens is 1. The lowest BCUT2D eigenvalue weighted by atomic mass is 10.0. The third kappa shape index (κ3) is 2.52. The fourth-order valence-electron chi connectivity index (χ4n) is 1.23. The van der Waals surface area contributed by atoms with E-state index in [9.17, 15) is 9.59 Å². The first-order valence-corrected chi connectivity index (χ1v) is 5.66. The van der Waals surface area contributed by atoms with Crippen molar-refractivity contribution in [1.29, 1.82) is 0 Å². The molecule has 0 radical (unpaired) electrons. The average Bonchev–Trinajstić information content (AvgIpc) is 2.76. The summed E-state index contributed by atoms with van der Waals surface area (Å²) in [4.78, 5) is 24.3. The average molecular weight is 254 g/mol. The van der Waals surface area contributed by atoms with Gasteiger partial charge in [0, 0.05) is 19.0 Å². The lowest BCUT2D eigenvalue weighted by molar-refractivity contribution is -0.147. The van der Waals surface area contributed by atoms with Crippen molar-refractivity contribution in [2.45, 2.75) is 39.2 Å². The van der Waals surface area contributed by atoms with Gasteiger partial charge in [0.15, 0.2) is 5.69 Å². The van der Waals surface area contributed by atoms with Crippen molar-refractivity contribution in [3.8, 4) is 0 Å². The van der Waals surface area contributed by atoms with Crippen LogP contribution in [0.5, 0.6) is 0 Å². The van der Waals surface area contributed by atoms with E-state index in [0.717, 1.165) is 4.90 Å². The van der Waals surface area contributed by atoms with E-state index in [1.807, 2.05) is 13.8 Å². The number of amides is 1. The van der Waals surface area contributed by atoms with E-state index in [2.05, 4.69) is 5.16 Å². The van der Waals surface area contributed by atoms with Gasteiger partial charge in [-0.05, 0) is 13.8 Å². The maximum absolute atomic E-state index is 12.1.